The van der Waals surface area contributed by atoms with E-state index in [0.29, 0.717) is 0 Å². The first-order chi connectivity index (χ1) is 5.68. The Morgan fingerprint density at radius 3 is 2.33 bits per heavy atom. The van der Waals surface area contributed by atoms with E-state index in [1.54, 1.807) is 0 Å². The molecule has 0 aliphatic carbocycles. The van der Waals surface area contributed by atoms with Gasteiger partial charge in [-0.2, -0.15) is 0 Å². The molecule has 0 aromatic carbocycles. The van der Waals surface area contributed by atoms with E-state index in [0.717, 1.165) is 26.1 Å². The van der Waals surface area contributed by atoms with Crippen molar-refractivity contribution in [1.82, 2.24) is 5.32 Å². The number of hydrogen-bond donors (Lipinski definition) is 1. The average molecular weight is 173 g/mol. The van der Waals surface area contributed by atoms with Crippen LogP contribution in [0.15, 0.2) is 0 Å². The van der Waals surface area contributed by atoms with E-state index in [1.165, 1.54) is 6.42 Å². The molecule has 0 saturated heterocycles. The Kier molecular flexibility index (Phi) is 6.39. The third-order valence-electron chi connectivity index (χ3n) is 2.17. The Balaban J connectivity index is 3.63. The third kappa shape index (κ3) is 4.73. The fourth-order valence-corrected chi connectivity index (χ4v) is 1.16. The SMILES string of the molecule is CCCNCC(C)(CC)OCC. The molecule has 0 aliphatic heterocycles. The number of nitrogens with one attached hydrogen (secondary N) is 1. The molecule has 12 heavy (non-hydrogen) atoms. The van der Waals surface area contributed by atoms with Crippen LogP contribution >= 0.6 is 0 Å². The highest BCUT2D eigenvalue weighted by Gasteiger charge is 2.20. The predicted molar refractivity (Wildman–Crippen MR) is 53.5 cm³/mol. The lowest BCUT2D eigenvalue weighted by Gasteiger charge is -2.28. The molecule has 0 aromatic heterocycles. The number of ether oxygens (including phenoxy) is 1. The van der Waals surface area contributed by atoms with Gasteiger partial charge in [-0.25, -0.2) is 0 Å². The van der Waals surface area contributed by atoms with Gasteiger partial charge in [-0.15, -0.1) is 0 Å². The summed E-state index contributed by atoms with van der Waals surface area (Å²) in [6.45, 7) is 11.4. The molecular weight excluding hydrogens is 150 g/mol. The molecule has 2 heteroatoms. The molecule has 0 bridgehead atoms. The van der Waals surface area contributed by atoms with Crippen molar-refractivity contribution < 1.29 is 4.74 Å². The van der Waals surface area contributed by atoms with Crippen LogP contribution in [0.1, 0.15) is 40.5 Å². The lowest BCUT2D eigenvalue weighted by atomic mass is 10.0. The summed E-state index contributed by atoms with van der Waals surface area (Å²) >= 11 is 0. The van der Waals surface area contributed by atoms with Crippen molar-refractivity contribution in [2.45, 2.75) is 46.1 Å². The van der Waals surface area contributed by atoms with Gasteiger partial charge < -0.3 is 10.1 Å². The van der Waals surface area contributed by atoms with E-state index in [2.05, 4.69) is 26.1 Å². The quantitative estimate of drug-likeness (QED) is 0.596. The molecule has 2 nitrogen and oxygen atoms in total. The van der Waals surface area contributed by atoms with Crippen molar-refractivity contribution in [3.63, 3.8) is 0 Å². The summed E-state index contributed by atoms with van der Waals surface area (Å²) in [6, 6.07) is 0. The van der Waals surface area contributed by atoms with Crippen molar-refractivity contribution in [2.75, 3.05) is 19.7 Å². The van der Waals surface area contributed by atoms with Gasteiger partial charge >= 0.3 is 0 Å². The van der Waals surface area contributed by atoms with Crippen LogP contribution in [-0.4, -0.2) is 25.3 Å². The molecular formula is C10H23NO. The van der Waals surface area contributed by atoms with Gasteiger partial charge in [0.25, 0.3) is 0 Å². The predicted octanol–water partition coefficient (Wildman–Crippen LogP) is 2.19. The van der Waals surface area contributed by atoms with Gasteiger partial charge in [-0.3, -0.25) is 0 Å². The Morgan fingerprint density at radius 2 is 1.92 bits per heavy atom. The lowest BCUT2D eigenvalue weighted by molar-refractivity contribution is -0.0261. The van der Waals surface area contributed by atoms with E-state index in [-0.39, 0.29) is 5.60 Å². The first-order valence-electron chi connectivity index (χ1n) is 5.03. The summed E-state index contributed by atoms with van der Waals surface area (Å²) in [4.78, 5) is 0. The second-order valence-electron chi connectivity index (χ2n) is 3.41. The van der Waals surface area contributed by atoms with E-state index < -0.39 is 0 Å². The standard InChI is InChI=1S/C10H23NO/c1-5-8-11-9-10(4,6-2)12-7-3/h11H,5-9H2,1-4H3. The van der Waals surface area contributed by atoms with Gasteiger partial charge in [0, 0.05) is 13.2 Å². The van der Waals surface area contributed by atoms with Crippen molar-refractivity contribution in [2.24, 2.45) is 0 Å². The third-order valence-corrected chi connectivity index (χ3v) is 2.17. The zero-order valence-corrected chi connectivity index (χ0v) is 8.94. The van der Waals surface area contributed by atoms with Crippen LogP contribution < -0.4 is 5.32 Å². The van der Waals surface area contributed by atoms with Crippen molar-refractivity contribution in [3.05, 3.63) is 0 Å². The van der Waals surface area contributed by atoms with E-state index in [4.69, 9.17) is 4.74 Å². The highest BCUT2D eigenvalue weighted by Crippen LogP contribution is 2.13. The van der Waals surface area contributed by atoms with Crippen molar-refractivity contribution in [1.29, 1.82) is 0 Å². The first-order valence-corrected chi connectivity index (χ1v) is 5.03. The second-order valence-corrected chi connectivity index (χ2v) is 3.41. The molecule has 0 aromatic rings. The molecule has 0 saturated carbocycles. The topological polar surface area (TPSA) is 21.3 Å². The number of hydrogen-bond acceptors (Lipinski definition) is 2. The maximum atomic E-state index is 5.66. The molecule has 0 rings (SSSR count). The lowest BCUT2D eigenvalue weighted by Crippen LogP contribution is -2.40. The maximum Gasteiger partial charge on any atom is 0.0775 e. The molecule has 0 radical (unpaired) electrons. The molecule has 0 heterocycles. The van der Waals surface area contributed by atoms with Gasteiger partial charge in [-0.1, -0.05) is 13.8 Å². The van der Waals surface area contributed by atoms with Crippen LogP contribution in [0.2, 0.25) is 0 Å². The molecule has 74 valence electrons. The summed E-state index contributed by atoms with van der Waals surface area (Å²) in [5.74, 6) is 0. The van der Waals surface area contributed by atoms with E-state index in [9.17, 15) is 0 Å². The zero-order chi connectivity index (χ0) is 9.45. The Hall–Kier alpha value is -0.0800. The number of rotatable bonds is 7. The summed E-state index contributed by atoms with van der Waals surface area (Å²) < 4.78 is 5.66. The molecule has 1 N–H and O–H groups in total. The first kappa shape index (κ1) is 11.9. The molecule has 0 aliphatic rings. The minimum absolute atomic E-state index is 0.0317. The highest BCUT2D eigenvalue weighted by molar-refractivity contribution is 4.75. The fourth-order valence-electron chi connectivity index (χ4n) is 1.16. The Labute approximate surface area is 76.7 Å². The molecule has 1 unspecified atom stereocenters. The van der Waals surface area contributed by atoms with Crippen LogP contribution in [0.25, 0.3) is 0 Å². The van der Waals surface area contributed by atoms with Crippen LogP contribution in [0.5, 0.6) is 0 Å². The van der Waals surface area contributed by atoms with E-state index in [1.807, 2.05) is 6.92 Å². The Morgan fingerprint density at radius 1 is 1.25 bits per heavy atom. The normalized spacial score (nSPS) is 16.0. The molecule has 0 fully saturated rings. The summed E-state index contributed by atoms with van der Waals surface area (Å²) in [5.41, 5.74) is 0.0317. The zero-order valence-electron chi connectivity index (χ0n) is 8.94. The van der Waals surface area contributed by atoms with Crippen LogP contribution in [0.4, 0.5) is 0 Å². The van der Waals surface area contributed by atoms with Gasteiger partial charge in [0.2, 0.25) is 0 Å². The van der Waals surface area contributed by atoms with Crippen LogP contribution in [-0.2, 0) is 4.74 Å². The summed E-state index contributed by atoms with van der Waals surface area (Å²) in [5, 5.41) is 3.39. The average Bonchev–Trinajstić information content (AvgIpc) is 2.06. The fraction of sp³-hybridized carbons (Fsp3) is 1.00. The molecule has 0 amide bonds. The summed E-state index contributed by atoms with van der Waals surface area (Å²) in [6.07, 6.45) is 2.25. The van der Waals surface area contributed by atoms with Crippen molar-refractivity contribution >= 4 is 0 Å². The van der Waals surface area contributed by atoms with Gasteiger partial charge in [0.05, 0.1) is 5.60 Å². The van der Waals surface area contributed by atoms with E-state index >= 15 is 0 Å². The molecule has 0 spiro atoms. The largest absolute Gasteiger partial charge is 0.374 e. The van der Waals surface area contributed by atoms with Gasteiger partial charge in [0.15, 0.2) is 0 Å². The maximum absolute atomic E-state index is 5.66. The summed E-state index contributed by atoms with van der Waals surface area (Å²) in [7, 11) is 0. The smallest absolute Gasteiger partial charge is 0.0775 e. The monoisotopic (exact) mass is 173 g/mol. The Bertz CT molecular complexity index is 106. The van der Waals surface area contributed by atoms with Gasteiger partial charge in [-0.05, 0) is 33.2 Å². The highest BCUT2D eigenvalue weighted by atomic mass is 16.5. The van der Waals surface area contributed by atoms with Crippen LogP contribution in [0.3, 0.4) is 0 Å². The second kappa shape index (κ2) is 6.44. The van der Waals surface area contributed by atoms with Gasteiger partial charge in [0.1, 0.15) is 0 Å². The minimum Gasteiger partial charge on any atom is -0.374 e. The minimum atomic E-state index is 0.0317. The van der Waals surface area contributed by atoms with Crippen LogP contribution in [0, 0.1) is 0 Å². The molecule has 1 atom stereocenters. The van der Waals surface area contributed by atoms with Crippen molar-refractivity contribution in [3.8, 4) is 0 Å².